The van der Waals surface area contributed by atoms with Crippen LogP contribution in [0.25, 0.3) is 0 Å². The molecular formula is C22H31N5O5S. The number of nitrogens with zero attached hydrogens (tertiary/aromatic N) is 3. The third kappa shape index (κ3) is 4.97. The van der Waals surface area contributed by atoms with E-state index in [0.29, 0.717) is 30.8 Å². The Kier molecular flexibility index (Phi) is 6.73. The molecule has 33 heavy (non-hydrogen) atoms. The molecule has 0 unspecified atom stereocenters. The number of nitrogens with one attached hydrogen (secondary N) is 1. The number of nitrogen functional groups attached to an aromatic ring is 1. The smallest absolute Gasteiger partial charge is 0.330 e. The summed E-state index contributed by atoms with van der Waals surface area (Å²) in [6.45, 7) is 8.45. The fourth-order valence-electron chi connectivity index (χ4n) is 4.03. The van der Waals surface area contributed by atoms with Crippen LogP contribution >= 0.6 is 0 Å². The Morgan fingerprint density at radius 1 is 1.18 bits per heavy atom. The molecule has 2 heterocycles. The van der Waals surface area contributed by atoms with Crippen molar-refractivity contribution in [1.82, 2.24) is 9.55 Å². The minimum atomic E-state index is -3.41. The molecule has 2 aromatic rings. The zero-order chi connectivity index (χ0) is 24.7. The Labute approximate surface area is 193 Å². The van der Waals surface area contributed by atoms with Crippen molar-refractivity contribution < 1.29 is 13.2 Å². The molecule has 0 saturated heterocycles. The molecule has 0 aliphatic carbocycles. The van der Waals surface area contributed by atoms with Crippen LogP contribution in [0.1, 0.15) is 43.6 Å². The third-order valence-corrected chi connectivity index (χ3v) is 6.58. The molecule has 0 bridgehead atoms. The summed E-state index contributed by atoms with van der Waals surface area (Å²) < 4.78 is 26.6. The number of hydrogen-bond donors (Lipinski definition) is 2. The van der Waals surface area contributed by atoms with E-state index < -0.39 is 27.2 Å². The number of aromatic nitrogens is 2. The van der Waals surface area contributed by atoms with Crippen LogP contribution in [-0.4, -0.2) is 43.2 Å². The summed E-state index contributed by atoms with van der Waals surface area (Å²) in [7, 11) is -3.41. The highest BCUT2D eigenvalue weighted by Gasteiger charge is 2.30. The first kappa shape index (κ1) is 24.6. The molecule has 3 N–H and O–H groups in total. The lowest BCUT2D eigenvalue weighted by atomic mass is 10.1. The molecule has 0 spiro atoms. The van der Waals surface area contributed by atoms with Gasteiger partial charge in [0.05, 0.1) is 11.9 Å². The molecule has 1 amide bonds. The van der Waals surface area contributed by atoms with Crippen molar-refractivity contribution in [2.24, 2.45) is 11.8 Å². The predicted molar refractivity (Wildman–Crippen MR) is 129 cm³/mol. The molecule has 0 fully saturated rings. The van der Waals surface area contributed by atoms with E-state index in [4.69, 9.17) is 5.73 Å². The van der Waals surface area contributed by atoms with Gasteiger partial charge in [0.2, 0.25) is 10.0 Å². The van der Waals surface area contributed by atoms with Gasteiger partial charge in [-0.15, -0.1) is 0 Å². The largest absolute Gasteiger partial charge is 0.383 e. The number of carbonyl (C=O) groups is 1. The second-order valence-corrected chi connectivity index (χ2v) is 11.1. The number of anilines is 3. The number of rotatable bonds is 7. The minimum Gasteiger partial charge on any atom is -0.383 e. The van der Waals surface area contributed by atoms with Crippen molar-refractivity contribution in [2.45, 2.75) is 40.7 Å². The fourth-order valence-corrected chi connectivity index (χ4v) is 4.99. The van der Waals surface area contributed by atoms with E-state index in [9.17, 15) is 22.8 Å². The summed E-state index contributed by atoms with van der Waals surface area (Å²) in [4.78, 5) is 42.3. The number of fused-ring (bicyclic) bond motifs is 1. The molecule has 180 valence electrons. The quantitative estimate of drug-likeness (QED) is 0.618. The number of hydrogen-bond acceptors (Lipinski definition) is 6. The Morgan fingerprint density at radius 3 is 2.42 bits per heavy atom. The first-order valence-electron chi connectivity index (χ1n) is 10.9. The number of H-pyrrole nitrogens is 1. The normalized spacial score (nSPS) is 13.6. The van der Waals surface area contributed by atoms with Gasteiger partial charge in [-0.05, 0) is 42.0 Å². The summed E-state index contributed by atoms with van der Waals surface area (Å²) in [6, 6.07) is 4.81. The molecule has 0 radical (unpaired) electrons. The van der Waals surface area contributed by atoms with E-state index in [1.54, 1.807) is 18.2 Å². The lowest BCUT2D eigenvalue weighted by Gasteiger charge is -2.26. The van der Waals surface area contributed by atoms with Gasteiger partial charge in [0.25, 0.3) is 11.5 Å². The first-order valence-corrected chi connectivity index (χ1v) is 12.7. The molecule has 0 saturated carbocycles. The monoisotopic (exact) mass is 477 g/mol. The van der Waals surface area contributed by atoms with Gasteiger partial charge in [-0.1, -0.05) is 27.7 Å². The second-order valence-electron chi connectivity index (χ2n) is 9.24. The molecule has 0 atom stereocenters. The van der Waals surface area contributed by atoms with Gasteiger partial charge in [0, 0.05) is 25.2 Å². The van der Waals surface area contributed by atoms with Gasteiger partial charge in [0.15, 0.2) is 5.69 Å². The Bertz CT molecular complexity index is 1290. The van der Waals surface area contributed by atoms with Crippen molar-refractivity contribution in [1.29, 1.82) is 0 Å². The lowest BCUT2D eigenvalue weighted by Crippen LogP contribution is -2.43. The van der Waals surface area contributed by atoms with Crippen molar-refractivity contribution in [3.63, 3.8) is 0 Å². The predicted octanol–water partition coefficient (Wildman–Crippen LogP) is 1.40. The number of carbonyl (C=O) groups excluding carboxylic acids is 1. The topological polar surface area (TPSA) is 139 Å². The Morgan fingerprint density at radius 2 is 1.85 bits per heavy atom. The van der Waals surface area contributed by atoms with E-state index in [0.717, 1.165) is 11.8 Å². The van der Waals surface area contributed by atoms with E-state index >= 15 is 0 Å². The first-order chi connectivity index (χ1) is 15.3. The van der Waals surface area contributed by atoms with E-state index in [1.807, 2.05) is 27.7 Å². The molecule has 1 aliphatic heterocycles. The molecule has 1 aromatic heterocycles. The van der Waals surface area contributed by atoms with Gasteiger partial charge in [-0.2, -0.15) is 0 Å². The van der Waals surface area contributed by atoms with Gasteiger partial charge in [0.1, 0.15) is 5.82 Å². The zero-order valence-electron chi connectivity index (χ0n) is 19.6. The van der Waals surface area contributed by atoms with Crippen LogP contribution in [0.15, 0.2) is 27.8 Å². The number of aromatic amines is 1. The average molecular weight is 478 g/mol. The summed E-state index contributed by atoms with van der Waals surface area (Å²) in [5.41, 5.74) is 6.45. The standard InChI is InChI=1S/C22H31N5O5S/c1-13(2)11-25(18-19(23)26(12-14(3)4)22(30)24-20(18)28)21(29)16-6-7-17-15(10-16)8-9-27(17)33(5,31)32/h6-7,10,13-14H,8-9,11-12,23H2,1-5H3,(H,24,28,30). The van der Waals surface area contributed by atoms with Crippen LogP contribution in [0.3, 0.4) is 0 Å². The van der Waals surface area contributed by atoms with Crippen LogP contribution in [0, 0.1) is 11.8 Å². The van der Waals surface area contributed by atoms with Crippen LogP contribution < -0.4 is 26.2 Å². The van der Waals surface area contributed by atoms with Gasteiger partial charge >= 0.3 is 5.69 Å². The maximum Gasteiger partial charge on any atom is 0.330 e. The molecule has 10 nitrogen and oxygen atoms in total. The summed E-state index contributed by atoms with van der Waals surface area (Å²) in [5.74, 6) is -0.409. The summed E-state index contributed by atoms with van der Waals surface area (Å²) in [6.07, 6.45) is 1.63. The molecule has 1 aromatic carbocycles. The molecule has 3 rings (SSSR count). The molecular weight excluding hydrogens is 446 g/mol. The van der Waals surface area contributed by atoms with Gasteiger partial charge in [-0.3, -0.25) is 23.4 Å². The van der Waals surface area contributed by atoms with E-state index in [1.165, 1.54) is 13.8 Å². The maximum atomic E-state index is 13.6. The van der Waals surface area contributed by atoms with Crippen molar-refractivity contribution in [2.75, 3.05) is 34.3 Å². The third-order valence-electron chi connectivity index (χ3n) is 5.40. The highest BCUT2D eigenvalue weighted by molar-refractivity contribution is 7.92. The highest BCUT2D eigenvalue weighted by Crippen LogP contribution is 2.31. The van der Waals surface area contributed by atoms with Crippen molar-refractivity contribution >= 4 is 33.1 Å². The van der Waals surface area contributed by atoms with Gasteiger partial charge in [-0.25, -0.2) is 13.2 Å². The average Bonchev–Trinajstić information content (AvgIpc) is 3.13. The van der Waals surface area contributed by atoms with Crippen LogP contribution in [-0.2, 0) is 23.0 Å². The zero-order valence-corrected chi connectivity index (χ0v) is 20.4. The lowest BCUT2D eigenvalue weighted by molar-refractivity contribution is 0.0983. The minimum absolute atomic E-state index is 0.00776. The van der Waals surface area contributed by atoms with E-state index in [2.05, 4.69) is 4.98 Å². The number of benzene rings is 1. The molecule has 1 aliphatic rings. The van der Waals surface area contributed by atoms with Crippen molar-refractivity contribution in [3.05, 3.63) is 50.2 Å². The number of sulfonamides is 1. The van der Waals surface area contributed by atoms with E-state index in [-0.39, 0.29) is 29.9 Å². The van der Waals surface area contributed by atoms with Gasteiger partial charge < -0.3 is 10.6 Å². The Hall–Kier alpha value is -3.08. The number of amides is 1. The van der Waals surface area contributed by atoms with Crippen LogP contribution in [0.4, 0.5) is 17.2 Å². The second kappa shape index (κ2) is 9.05. The maximum absolute atomic E-state index is 13.6. The molecule has 11 heteroatoms. The fraction of sp³-hybridized carbons (Fsp3) is 0.500. The van der Waals surface area contributed by atoms with Crippen LogP contribution in [0.2, 0.25) is 0 Å². The summed E-state index contributed by atoms with van der Waals surface area (Å²) >= 11 is 0. The van der Waals surface area contributed by atoms with Crippen LogP contribution in [0.5, 0.6) is 0 Å². The van der Waals surface area contributed by atoms with Crippen molar-refractivity contribution in [3.8, 4) is 0 Å². The SMILES string of the molecule is CC(C)CN(C(=O)c1ccc2c(c1)CCN2S(C)(=O)=O)c1c(N)n(CC(C)C)c(=O)[nH]c1=O. The summed E-state index contributed by atoms with van der Waals surface area (Å²) in [5, 5.41) is 0. The Balaban J connectivity index is 2.10. The number of nitrogens with two attached hydrogens (primary N) is 1. The highest BCUT2D eigenvalue weighted by atomic mass is 32.2.